The molecule has 1 aromatic carbocycles. The smallest absolute Gasteiger partial charge is 0.320 e. The van der Waals surface area contributed by atoms with Gasteiger partial charge < -0.3 is 19.4 Å². The van der Waals surface area contributed by atoms with Crippen molar-refractivity contribution in [2.24, 2.45) is 11.3 Å². The van der Waals surface area contributed by atoms with Crippen molar-refractivity contribution >= 4 is 11.9 Å². The minimum absolute atomic E-state index is 0.00470. The van der Waals surface area contributed by atoms with Crippen molar-refractivity contribution in [3.63, 3.8) is 0 Å². The van der Waals surface area contributed by atoms with Crippen LogP contribution in [0.4, 0.5) is 4.79 Å². The average Bonchev–Trinajstić information content (AvgIpc) is 3.50. The standard InChI is InChI=1S/C33H52N4O3/c1-7-40-16-15-34-23-33(37(24(2)3)31(34)39)17-27-13-14-28(18-33)36(27)21-26-20-35(30(38)19-32(4,5)6)22-29(26)25-11-9-8-10-12-25/h8-12,24,26-29H,7,13-23H2,1-6H3/t26-,27?,28?,29-,33?/m1/s1. The molecule has 7 nitrogen and oxygen atoms in total. The maximum atomic E-state index is 13.6. The molecule has 2 bridgehead atoms. The van der Waals surface area contributed by atoms with E-state index in [-0.39, 0.29) is 23.0 Å². The molecule has 4 saturated heterocycles. The Bertz CT molecular complexity index is 1020. The van der Waals surface area contributed by atoms with Crippen molar-refractivity contribution in [3.05, 3.63) is 35.9 Å². The van der Waals surface area contributed by atoms with E-state index in [4.69, 9.17) is 4.74 Å². The number of likely N-dealkylation sites (tertiary alicyclic amines) is 1. The fourth-order valence-electron chi connectivity index (χ4n) is 8.33. The molecule has 222 valence electrons. The Kier molecular flexibility index (Phi) is 8.54. The van der Waals surface area contributed by atoms with Gasteiger partial charge in [-0.3, -0.25) is 9.69 Å². The zero-order valence-corrected chi connectivity index (χ0v) is 25.8. The molecule has 0 aliphatic carbocycles. The second-order valence-electron chi connectivity index (χ2n) is 14.4. The molecule has 4 atom stereocenters. The van der Waals surface area contributed by atoms with E-state index in [9.17, 15) is 9.59 Å². The minimum atomic E-state index is -0.0803. The monoisotopic (exact) mass is 552 g/mol. The Morgan fingerprint density at radius 1 is 1.07 bits per heavy atom. The molecule has 5 rings (SSSR count). The summed E-state index contributed by atoms with van der Waals surface area (Å²) in [7, 11) is 0. The molecule has 40 heavy (non-hydrogen) atoms. The number of carbonyl (C=O) groups is 2. The van der Waals surface area contributed by atoms with Crippen LogP contribution in [0.25, 0.3) is 0 Å². The molecule has 4 heterocycles. The van der Waals surface area contributed by atoms with Crippen molar-refractivity contribution in [1.29, 1.82) is 0 Å². The number of carbonyl (C=O) groups excluding carboxylic acids is 2. The second kappa shape index (κ2) is 11.6. The topological polar surface area (TPSA) is 56.3 Å². The van der Waals surface area contributed by atoms with Gasteiger partial charge in [0.05, 0.1) is 12.1 Å². The summed E-state index contributed by atoms with van der Waals surface area (Å²) in [6.45, 7) is 18.3. The summed E-state index contributed by atoms with van der Waals surface area (Å²) in [6, 6.07) is 12.2. The highest BCUT2D eigenvalue weighted by molar-refractivity contribution is 5.79. The lowest BCUT2D eigenvalue weighted by Crippen LogP contribution is -2.60. The van der Waals surface area contributed by atoms with Crippen molar-refractivity contribution in [1.82, 2.24) is 19.6 Å². The number of hydrogen-bond acceptors (Lipinski definition) is 4. The third-order valence-electron chi connectivity index (χ3n) is 9.85. The zero-order chi connectivity index (χ0) is 28.7. The lowest BCUT2D eigenvalue weighted by molar-refractivity contribution is -0.132. The van der Waals surface area contributed by atoms with Crippen LogP contribution in [0, 0.1) is 11.3 Å². The van der Waals surface area contributed by atoms with E-state index in [2.05, 4.69) is 79.7 Å². The number of piperidine rings is 1. The van der Waals surface area contributed by atoms with Gasteiger partial charge in [0, 0.05) is 69.8 Å². The number of nitrogens with zero attached hydrogens (tertiary/aromatic N) is 4. The van der Waals surface area contributed by atoms with Crippen LogP contribution in [0.5, 0.6) is 0 Å². The highest BCUT2D eigenvalue weighted by Crippen LogP contribution is 2.48. The number of amides is 3. The van der Waals surface area contributed by atoms with Crippen LogP contribution in [0.3, 0.4) is 0 Å². The number of rotatable bonds is 9. The van der Waals surface area contributed by atoms with Crippen LogP contribution in [0.1, 0.15) is 85.1 Å². The summed E-state index contributed by atoms with van der Waals surface area (Å²) in [5.74, 6) is 1.09. The molecular weight excluding hydrogens is 500 g/mol. The van der Waals surface area contributed by atoms with Crippen LogP contribution in [0.2, 0.25) is 0 Å². The molecular formula is C33H52N4O3. The number of benzene rings is 1. The van der Waals surface area contributed by atoms with Gasteiger partial charge in [-0.1, -0.05) is 51.1 Å². The molecule has 1 spiro atoms. The van der Waals surface area contributed by atoms with Crippen LogP contribution in [0.15, 0.2) is 30.3 Å². The SMILES string of the molecule is CCOCCN1CC2(CC3CCC(C2)N3C[C@H]2CN(C(=O)CC(C)(C)C)C[C@@H]2c2ccccc2)N(C(C)C)C1=O. The molecule has 1 aromatic rings. The van der Waals surface area contributed by atoms with E-state index >= 15 is 0 Å². The maximum absolute atomic E-state index is 13.6. The van der Waals surface area contributed by atoms with Gasteiger partial charge in [0.15, 0.2) is 0 Å². The van der Waals surface area contributed by atoms with E-state index in [1.54, 1.807) is 0 Å². The Morgan fingerprint density at radius 2 is 1.75 bits per heavy atom. The predicted octanol–water partition coefficient (Wildman–Crippen LogP) is 5.21. The van der Waals surface area contributed by atoms with Gasteiger partial charge in [0.2, 0.25) is 5.91 Å². The Hall–Kier alpha value is -2.12. The number of fused-ring (bicyclic) bond motifs is 2. The third-order valence-corrected chi connectivity index (χ3v) is 9.85. The first-order chi connectivity index (χ1) is 19.0. The maximum Gasteiger partial charge on any atom is 0.320 e. The first kappa shape index (κ1) is 29.4. The largest absolute Gasteiger partial charge is 0.380 e. The molecule has 4 aliphatic rings. The summed E-state index contributed by atoms with van der Waals surface area (Å²) in [4.78, 5) is 36.1. The molecule has 7 heteroatoms. The molecule has 4 fully saturated rings. The van der Waals surface area contributed by atoms with Crippen molar-refractivity contribution in [3.8, 4) is 0 Å². The van der Waals surface area contributed by atoms with Gasteiger partial charge in [0.1, 0.15) is 0 Å². The molecule has 0 saturated carbocycles. The normalized spacial score (nSPS) is 30.9. The Morgan fingerprint density at radius 3 is 2.35 bits per heavy atom. The highest BCUT2D eigenvalue weighted by atomic mass is 16.5. The van der Waals surface area contributed by atoms with E-state index in [0.717, 1.165) is 39.0 Å². The summed E-state index contributed by atoms with van der Waals surface area (Å²) in [5.41, 5.74) is 1.27. The molecule has 3 amide bonds. The van der Waals surface area contributed by atoms with Gasteiger partial charge in [0.25, 0.3) is 0 Å². The minimum Gasteiger partial charge on any atom is -0.380 e. The quantitative estimate of drug-likeness (QED) is 0.395. The summed E-state index contributed by atoms with van der Waals surface area (Å²) >= 11 is 0. The first-order valence-corrected chi connectivity index (χ1v) is 15.8. The van der Waals surface area contributed by atoms with E-state index < -0.39 is 0 Å². The predicted molar refractivity (Wildman–Crippen MR) is 159 cm³/mol. The lowest BCUT2D eigenvalue weighted by Gasteiger charge is -2.50. The molecule has 0 radical (unpaired) electrons. The fourth-order valence-corrected chi connectivity index (χ4v) is 8.33. The number of urea groups is 1. The lowest BCUT2D eigenvalue weighted by atomic mass is 9.80. The Labute approximate surface area is 242 Å². The van der Waals surface area contributed by atoms with Crippen molar-refractivity contribution in [2.75, 3.05) is 45.9 Å². The van der Waals surface area contributed by atoms with Gasteiger partial charge in [-0.2, -0.15) is 0 Å². The van der Waals surface area contributed by atoms with E-state index in [0.29, 0.717) is 56.0 Å². The van der Waals surface area contributed by atoms with Gasteiger partial charge in [-0.15, -0.1) is 0 Å². The van der Waals surface area contributed by atoms with Gasteiger partial charge in [-0.25, -0.2) is 4.79 Å². The summed E-state index contributed by atoms with van der Waals surface area (Å²) in [5, 5.41) is 0. The first-order valence-electron chi connectivity index (χ1n) is 15.8. The van der Waals surface area contributed by atoms with E-state index in [1.807, 2.05) is 11.8 Å². The molecule has 4 aliphatic heterocycles. The third kappa shape index (κ3) is 5.92. The molecule has 0 aromatic heterocycles. The highest BCUT2D eigenvalue weighted by Gasteiger charge is 2.58. The van der Waals surface area contributed by atoms with Crippen molar-refractivity contribution < 1.29 is 14.3 Å². The number of ether oxygens (including phenoxy) is 1. The average molecular weight is 553 g/mol. The van der Waals surface area contributed by atoms with Crippen LogP contribution >= 0.6 is 0 Å². The Balaban J connectivity index is 1.32. The summed E-state index contributed by atoms with van der Waals surface area (Å²) in [6.07, 6.45) is 5.11. The van der Waals surface area contributed by atoms with Gasteiger partial charge in [-0.05, 0) is 63.4 Å². The summed E-state index contributed by atoms with van der Waals surface area (Å²) < 4.78 is 5.61. The molecule has 0 N–H and O–H groups in total. The van der Waals surface area contributed by atoms with Crippen LogP contribution in [-0.4, -0.2) is 101 Å². The van der Waals surface area contributed by atoms with Crippen molar-refractivity contribution in [2.45, 2.75) is 103 Å². The van der Waals surface area contributed by atoms with Gasteiger partial charge >= 0.3 is 6.03 Å². The zero-order valence-electron chi connectivity index (χ0n) is 25.8. The van der Waals surface area contributed by atoms with Crippen LogP contribution < -0.4 is 0 Å². The fraction of sp³-hybridized carbons (Fsp3) is 0.758. The molecule has 2 unspecified atom stereocenters. The van der Waals surface area contributed by atoms with Crippen LogP contribution in [-0.2, 0) is 9.53 Å². The number of hydrogen-bond donors (Lipinski definition) is 0. The van der Waals surface area contributed by atoms with E-state index in [1.165, 1.54) is 18.4 Å². The second-order valence-corrected chi connectivity index (χ2v) is 14.4.